The summed E-state index contributed by atoms with van der Waals surface area (Å²) in [6.07, 6.45) is 0. The van der Waals surface area contributed by atoms with Crippen molar-refractivity contribution >= 4 is 50.5 Å². The molecule has 5 aromatic rings. The van der Waals surface area contributed by atoms with E-state index in [4.69, 9.17) is 19.8 Å². The first kappa shape index (κ1) is 25.3. The molecule has 7 rings (SSSR count). The third-order valence-corrected chi connectivity index (χ3v) is 8.05. The predicted octanol–water partition coefficient (Wildman–Crippen LogP) is 8.06. The molecule has 2 aliphatic heterocycles. The van der Waals surface area contributed by atoms with Crippen molar-refractivity contribution in [2.45, 2.75) is 19.9 Å². The van der Waals surface area contributed by atoms with Crippen LogP contribution in [0, 0.1) is 13.8 Å². The Bertz CT molecular complexity index is 1840. The van der Waals surface area contributed by atoms with Crippen LogP contribution in [0.3, 0.4) is 0 Å². The van der Waals surface area contributed by atoms with E-state index in [1.807, 2.05) is 71.4 Å². The lowest BCUT2D eigenvalue weighted by atomic mass is 9.93. The normalized spacial score (nSPS) is 15.3. The molecule has 3 heterocycles. The molecule has 0 radical (unpaired) electrons. The van der Waals surface area contributed by atoms with Gasteiger partial charge in [-0.25, -0.2) is 14.7 Å². The van der Waals surface area contributed by atoms with Gasteiger partial charge < -0.3 is 15.0 Å². The van der Waals surface area contributed by atoms with Crippen LogP contribution in [0.15, 0.2) is 112 Å². The number of fused-ring (bicyclic) bond motifs is 4. The van der Waals surface area contributed by atoms with Gasteiger partial charge in [0.2, 0.25) is 0 Å². The number of amidine groups is 2. The fourth-order valence-electron chi connectivity index (χ4n) is 5.54. The average Bonchev–Trinajstić information content (AvgIpc) is 3.33. The topological polar surface area (TPSA) is 67.0 Å². The number of para-hydroxylation sites is 3. The zero-order valence-corrected chi connectivity index (χ0v) is 24.4. The minimum atomic E-state index is -0.195. The second-order valence-corrected chi connectivity index (χ2v) is 11.0. The van der Waals surface area contributed by atoms with Gasteiger partial charge in [-0.3, -0.25) is 0 Å². The largest absolute Gasteiger partial charge is 0.497 e. The number of aliphatic imine (C=N–C) groups is 2. The highest BCUT2D eigenvalue weighted by atomic mass is 79.9. The molecule has 0 amide bonds. The second kappa shape index (κ2) is 10.1. The molecule has 0 unspecified atom stereocenters. The van der Waals surface area contributed by atoms with Crippen LogP contribution < -0.4 is 15.0 Å². The Balaban J connectivity index is 1.49. The van der Waals surface area contributed by atoms with Gasteiger partial charge >= 0.3 is 0 Å². The predicted molar refractivity (Wildman–Crippen MR) is 169 cm³/mol. The Morgan fingerprint density at radius 3 is 2.24 bits per heavy atom. The minimum absolute atomic E-state index is 0.195. The molecular formula is C33H27BrN6O. The third kappa shape index (κ3) is 4.31. The van der Waals surface area contributed by atoms with Crippen molar-refractivity contribution in [3.8, 4) is 11.4 Å². The number of methoxy groups -OCH3 is 1. The highest BCUT2D eigenvalue weighted by molar-refractivity contribution is 9.10. The van der Waals surface area contributed by atoms with Crippen LogP contribution in [-0.2, 0) is 0 Å². The van der Waals surface area contributed by atoms with Gasteiger partial charge in [-0.15, -0.1) is 0 Å². The maximum atomic E-state index is 5.49. The van der Waals surface area contributed by atoms with Crippen molar-refractivity contribution in [2.75, 3.05) is 17.3 Å². The summed E-state index contributed by atoms with van der Waals surface area (Å²) in [6.45, 7) is 4.16. The van der Waals surface area contributed by atoms with E-state index >= 15 is 0 Å². The van der Waals surface area contributed by atoms with Gasteiger partial charge in [0, 0.05) is 15.7 Å². The number of benzene rings is 4. The summed E-state index contributed by atoms with van der Waals surface area (Å²) in [6, 6.07) is 32.6. The quantitative estimate of drug-likeness (QED) is 0.226. The van der Waals surface area contributed by atoms with E-state index in [2.05, 4.69) is 70.3 Å². The van der Waals surface area contributed by atoms with Crippen molar-refractivity contribution in [3.05, 3.63) is 124 Å². The molecule has 0 spiro atoms. The maximum absolute atomic E-state index is 5.49. The summed E-state index contributed by atoms with van der Waals surface area (Å²) < 4.78 is 8.48. The molecule has 2 aliphatic rings. The average molecular weight is 604 g/mol. The highest BCUT2D eigenvalue weighted by Crippen LogP contribution is 2.48. The van der Waals surface area contributed by atoms with Crippen LogP contribution in [0.1, 0.15) is 28.4 Å². The fraction of sp³-hybridized carbons (Fsp3) is 0.121. The molecular weight excluding hydrogens is 576 g/mol. The third-order valence-electron chi connectivity index (χ3n) is 7.52. The van der Waals surface area contributed by atoms with Gasteiger partial charge in [-0.2, -0.15) is 5.10 Å². The van der Waals surface area contributed by atoms with Gasteiger partial charge in [0.15, 0.2) is 17.5 Å². The van der Waals surface area contributed by atoms with E-state index in [1.165, 1.54) is 0 Å². The number of nitrogens with one attached hydrogen (secondary N) is 1. The number of rotatable bonds is 4. The number of anilines is 2. The lowest BCUT2D eigenvalue weighted by molar-refractivity contribution is 0.414. The van der Waals surface area contributed by atoms with E-state index in [1.54, 1.807) is 7.11 Å². The van der Waals surface area contributed by atoms with Gasteiger partial charge in [0.05, 0.1) is 35.9 Å². The van der Waals surface area contributed by atoms with Crippen LogP contribution in [0.5, 0.6) is 5.75 Å². The Morgan fingerprint density at radius 1 is 0.805 bits per heavy atom. The van der Waals surface area contributed by atoms with E-state index in [0.717, 1.165) is 67.0 Å². The SMILES string of the molecule is COc1ccc([C@@H]2c3c(C)nn(-c4ccccc4C)c3N=C3C(Nc4ccc(Br)cc4)=Nc4ccccc4N32)cc1. The first-order valence-corrected chi connectivity index (χ1v) is 14.2. The van der Waals surface area contributed by atoms with Crippen molar-refractivity contribution < 1.29 is 4.74 Å². The summed E-state index contributed by atoms with van der Waals surface area (Å²) in [5.74, 6) is 3.01. The molecule has 202 valence electrons. The molecule has 0 aliphatic carbocycles. The molecule has 7 nitrogen and oxygen atoms in total. The van der Waals surface area contributed by atoms with Crippen LogP contribution >= 0.6 is 15.9 Å². The summed E-state index contributed by atoms with van der Waals surface area (Å²) in [7, 11) is 1.69. The van der Waals surface area contributed by atoms with Gasteiger partial charge in [0.1, 0.15) is 5.75 Å². The first-order chi connectivity index (χ1) is 20.0. The van der Waals surface area contributed by atoms with Crippen molar-refractivity contribution in [2.24, 2.45) is 9.98 Å². The Hall–Kier alpha value is -4.69. The number of ether oxygens (including phenoxy) is 1. The van der Waals surface area contributed by atoms with E-state index in [-0.39, 0.29) is 6.04 Å². The number of nitrogens with zero attached hydrogens (tertiary/aromatic N) is 5. The van der Waals surface area contributed by atoms with Crippen molar-refractivity contribution in [1.29, 1.82) is 0 Å². The lowest BCUT2D eigenvalue weighted by Gasteiger charge is -2.40. The molecule has 4 aromatic carbocycles. The summed E-state index contributed by atoms with van der Waals surface area (Å²) >= 11 is 3.54. The van der Waals surface area contributed by atoms with Gasteiger partial charge in [0.25, 0.3) is 0 Å². The smallest absolute Gasteiger partial charge is 0.179 e. The van der Waals surface area contributed by atoms with E-state index < -0.39 is 0 Å². The number of aryl methyl sites for hydroxylation is 2. The minimum Gasteiger partial charge on any atom is -0.497 e. The monoisotopic (exact) mass is 602 g/mol. The molecule has 41 heavy (non-hydrogen) atoms. The maximum Gasteiger partial charge on any atom is 0.179 e. The van der Waals surface area contributed by atoms with Gasteiger partial charge in [-0.1, -0.05) is 58.4 Å². The Kier molecular flexibility index (Phi) is 6.20. The summed E-state index contributed by atoms with van der Waals surface area (Å²) in [5.41, 5.74) is 7.99. The van der Waals surface area contributed by atoms with Crippen LogP contribution in [0.2, 0.25) is 0 Å². The van der Waals surface area contributed by atoms with Crippen LogP contribution in [0.25, 0.3) is 5.69 Å². The second-order valence-electron chi connectivity index (χ2n) is 10.1. The molecule has 8 heteroatoms. The summed E-state index contributed by atoms with van der Waals surface area (Å²) in [4.78, 5) is 12.7. The Labute approximate surface area is 247 Å². The fourth-order valence-corrected chi connectivity index (χ4v) is 5.80. The first-order valence-electron chi connectivity index (χ1n) is 13.4. The number of aromatic nitrogens is 2. The molecule has 0 saturated heterocycles. The van der Waals surface area contributed by atoms with Gasteiger partial charge in [-0.05, 0) is 79.6 Å². The zero-order chi connectivity index (χ0) is 28.1. The van der Waals surface area contributed by atoms with Crippen LogP contribution in [-0.4, -0.2) is 28.6 Å². The molecule has 0 bridgehead atoms. The molecule has 0 saturated carbocycles. The van der Waals surface area contributed by atoms with Crippen molar-refractivity contribution in [1.82, 2.24) is 9.78 Å². The number of halogens is 1. The standard InChI is InChI=1S/C33H27BrN6O/c1-20-8-4-6-10-27(20)40-32-29(21(2)38-40)30(22-12-18-25(41-3)19-13-22)39-28-11-7-5-9-26(28)36-31(33(39)37-32)35-24-16-14-23(34)15-17-24/h4-19,30H,1-3H3,(H,35,36)/t30-/m1/s1. The summed E-state index contributed by atoms with van der Waals surface area (Å²) in [5, 5.41) is 8.61. The highest BCUT2D eigenvalue weighted by Gasteiger charge is 2.41. The number of hydrogen-bond donors (Lipinski definition) is 1. The molecule has 1 aromatic heterocycles. The number of hydrogen-bond acceptors (Lipinski definition) is 6. The van der Waals surface area contributed by atoms with Crippen molar-refractivity contribution in [3.63, 3.8) is 0 Å². The zero-order valence-electron chi connectivity index (χ0n) is 22.8. The molecule has 1 atom stereocenters. The molecule has 0 fully saturated rings. The molecule has 1 N–H and O–H groups in total. The van der Waals surface area contributed by atoms with E-state index in [0.29, 0.717) is 5.84 Å². The Morgan fingerprint density at radius 2 is 1.51 bits per heavy atom. The lowest BCUT2D eigenvalue weighted by Crippen LogP contribution is -2.46. The van der Waals surface area contributed by atoms with E-state index in [9.17, 15) is 0 Å². The van der Waals surface area contributed by atoms with Crippen LogP contribution in [0.4, 0.5) is 22.9 Å².